The second-order valence-corrected chi connectivity index (χ2v) is 8.22. The van der Waals surface area contributed by atoms with Crippen molar-refractivity contribution in [3.8, 4) is 5.75 Å². The first-order valence-electron chi connectivity index (χ1n) is 10.8. The summed E-state index contributed by atoms with van der Waals surface area (Å²) in [5.74, 6) is 0.512. The zero-order chi connectivity index (χ0) is 24.4. The van der Waals surface area contributed by atoms with Gasteiger partial charge in [0.05, 0.1) is 24.4 Å². The van der Waals surface area contributed by atoms with E-state index < -0.39 is 0 Å². The minimum absolute atomic E-state index is 0.140. The van der Waals surface area contributed by atoms with E-state index in [4.69, 9.17) is 32.0 Å². The number of hydrogen-bond acceptors (Lipinski definition) is 6. The lowest BCUT2D eigenvalue weighted by Crippen LogP contribution is -2.23. The minimum Gasteiger partial charge on any atom is -0.497 e. The fourth-order valence-corrected chi connectivity index (χ4v) is 3.91. The van der Waals surface area contributed by atoms with Gasteiger partial charge in [-0.1, -0.05) is 48.0 Å². The van der Waals surface area contributed by atoms with Crippen LogP contribution in [0.5, 0.6) is 5.75 Å². The number of para-hydroxylation sites is 2. The van der Waals surface area contributed by atoms with Gasteiger partial charge in [-0.05, 0) is 47.5 Å². The molecular weight excluding hydrogens is 464 g/mol. The van der Waals surface area contributed by atoms with Crippen molar-refractivity contribution < 1.29 is 9.53 Å². The van der Waals surface area contributed by atoms with Gasteiger partial charge < -0.3 is 15.8 Å². The standard InChI is InChI=1S/C26H21ClN6O2/c1-35-19-11-9-16(10-12-19)14-29-26(34)22-23-25(32-21-8-3-2-7-20(21)31-23)33(24(22)28)30-15-17-5-4-6-18(27)13-17/h2-13,15H,14,28H2,1H3,(H,29,34)/b30-15+. The molecular formula is C26H21ClN6O2. The molecule has 0 fully saturated rings. The van der Waals surface area contributed by atoms with Gasteiger partial charge in [0.15, 0.2) is 5.65 Å². The van der Waals surface area contributed by atoms with E-state index in [1.165, 1.54) is 4.68 Å². The lowest BCUT2D eigenvalue weighted by molar-refractivity contribution is 0.0953. The number of nitrogens with zero attached hydrogens (tertiary/aromatic N) is 4. The Labute approximate surface area is 206 Å². The Bertz CT molecular complexity index is 1580. The Hall–Kier alpha value is -4.43. The lowest BCUT2D eigenvalue weighted by atomic mass is 10.2. The van der Waals surface area contributed by atoms with Gasteiger partial charge in [-0.3, -0.25) is 4.79 Å². The fourth-order valence-electron chi connectivity index (χ4n) is 3.71. The molecule has 0 unspecified atom stereocenters. The molecule has 5 rings (SSSR count). The zero-order valence-electron chi connectivity index (χ0n) is 18.8. The van der Waals surface area contributed by atoms with Crippen LogP contribution in [0, 0.1) is 0 Å². The molecule has 2 aromatic heterocycles. The third kappa shape index (κ3) is 4.51. The molecule has 1 amide bonds. The molecule has 0 bridgehead atoms. The summed E-state index contributed by atoms with van der Waals surface area (Å²) in [6.45, 7) is 0.307. The maximum absolute atomic E-state index is 13.3. The Morgan fingerprint density at radius 2 is 1.83 bits per heavy atom. The average molecular weight is 485 g/mol. The highest BCUT2D eigenvalue weighted by atomic mass is 35.5. The van der Waals surface area contributed by atoms with Crippen LogP contribution in [-0.2, 0) is 6.54 Å². The van der Waals surface area contributed by atoms with Gasteiger partial charge in [0, 0.05) is 11.6 Å². The van der Waals surface area contributed by atoms with Crippen molar-refractivity contribution in [3.63, 3.8) is 0 Å². The summed E-state index contributed by atoms with van der Waals surface area (Å²) in [6.07, 6.45) is 1.61. The van der Waals surface area contributed by atoms with Crippen molar-refractivity contribution in [1.82, 2.24) is 20.0 Å². The van der Waals surface area contributed by atoms with Crippen molar-refractivity contribution in [2.45, 2.75) is 6.54 Å². The molecule has 5 aromatic rings. The van der Waals surface area contributed by atoms with E-state index in [0.29, 0.717) is 33.8 Å². The number of nitrogens with one attached hydrogen (secondary N) is 1. The molecule has 35 heavy (non-hydrogen) atoms. The van der Waals surface area contributed by atoms with E-state index >= 15 is 0 Å². The van der Waals surface area contributed by atoms with Gasteiger partial charge in [0.2, 0.25) is 0 Å². The molecule has 0 saturated heterocycles. The fraction of sp³-hybridized carbons (Fsp3) is 0.0769. The van der Waals surface area contributed by atoms with Crippen LogP contribution >= 0.6 is 11.6 Å². The van der Waals surface area contributed by atoms with Gasteiger partial charge >= 0.3 is 0 Å². The van der Waals surface area contributed by atoms with Crippen LogP contribution in [0.2, 0.25) is 5.02 Å². The molecule has 0 aliphatic rings. The maximum atomic E-state index is 13.3. The summed E-state index contributed by atoms with van der Waals surface area (Å²) in [6, 6.07) is 22.1. The number of nitrogen functional groups attached to an aromatic ring is 1. The summed E-state index contributed by atoms with van der Waals surface area (Å²) >= 11 is 6.09. The first-order chi connectivity index (χ1) is 17.0. The molecule has 0 saturated carbocycles. The van der Waals surface area contributed by atoms with E-state index in [0.717, 1.165) is 16.9 Å². The number of halogens is 1. The first-order valence-corrected chi connectivity index (χ1v) is 11.2. The first kappa shape index (κ1) is 22.4. The number of ether oxygens (including phenoxy) is 1. The predicted octanol–water partition coefficient (Wildman–Crippen LogP) is 4.64. The number of hydrogen-bond donors (Lipinski definition) is 2. The Balaban J connectivity index is 1.55. The number of nitrogens with two attached hydrogens (primary N) is 1. The van der Waals surface area contributed by atoms with Gasteiger partial charge in [0.25, 0.3) is 5.91 Å². The van der Waals surface area contributed by atoms with Gasteiger partial charge in [-0.25, -0.2) is 9.97 Å². The van der Waals surface area contributed by atoms with Crippen molar-refractivity contribution in [1.29, 1.82) is 0 Å². The number of carbonyl (C=O) groups excluding carboxylic acids is 1. The lowest BCUT2D eigenvalue weighted by Gasteiger charge is -2.06. The number of aromatic nitrogens is 3. The van der Waals surface area contributed by atoms with Crippen LogP contribution < -0.4 is 15.8 Å². The van der Waals surface area contributed by atoms with Crippen molar-refractivity contribution >= 4 is 51.7 Å². The Morgan fingerprint density at radius 3 is 2.54 bits per heavy atom. The quantitative estimate of drug-likeness (QED) is 0.341. The Kier molecular flexibility index (Phi) is 6.03. The van der Waals surface area contributed by atoms with E-state index in [9.17, 15) is 4.79 Å². The van der Waals surface area contributed by atoms with E-state index in [1.54, 1.807) is 25.5 Å². The third-order valence-electron chi connectivity index (χ3n) is 5.48. The molecule has 0 atom stereocenters. The summed E-state index contributed by atoms with van der Waals surface area (Å²) < 4.78 is 6.61. The van der Waals surface area contributed by atoms with Gasteiger partial charge in [-0.15, -0.1) is 0 Å². The zero-order valence-corrected chi connectivity index (χ0v) is 19.5. The highest BCUT2D eigenvalue weighted by molar-refractivity contribution is 6.30. The molecule has 9 heteroatoms. The highest BCUT2D eigenvalue weighted by Gasteiger charge is 2.24. The number of methoxy groups -OCH3 is 1. The van der Waals surface area contributed by atoms with Crippen molar-refractivity contribution in [2.75, 3.05) is 12.8 Å². The number of rotatable bonds is 6. The van der Waals surface area contributed by atoms with E-state index in [2.05, 4.69) is 10.4 Å². The van der Waals surface area contributed by atoms with E-state index in [1.807, 2.05) is 60.7 Å². The van der Waals surface area contributed by atoms with E-state index in [-0.39, 0.29) is 17.3 Å². The number of carbonyl (C=O) groups is 1. The third-order valence-corrected chi connectivity index (χ3v) is 5.72. The Morgan fingerprint density at radius 1 is 1.09 bits per heavy atom. The van der Waals surface area contributed by atoms with Crippen LogP contribution in [-0.4, -0.2) is 33.9 Å². The number of fused-ring (bicyclic) bond motifs is 2. The largest absolute Gasteiger partial charge is 0.497 e. The van der Waals surface area contributed by atoms with Crippen LogP contribution in [0.25, 0.3) is 22.2 Å². The molecule has 0 aliphatic carbocycles. The van der Waals surface area contributed by atoms with Crippen molar-refractivity contribution in [3.05, 3.63) is 94.5 Å². The second kappa shape index (κ2) is 9.44. The minimum atomic E-state index is -0.371. The highest BCUT2D eigenvalue weighted by Crippen LogP contribution is 2.28. The number of anilines is 1. The summed E-state index contributed by atoms with van der Waals surface area (Å²) in [5.41, 5.74) is 10.4. The molecule has 8 nitrogen and oxygen atoms in total. The second-order valence-electron chi connectivity index (χ2n) is 7.79. The molecule has 0 aliphatic heterocycles. The van der Waals surface area contributed by atoms with Crippen LogP contribution in [0.4, 0.5) is 5.82 Å². The molecule has 0 spiro atoms. The normalized spacial score (nSPS) is 11.4. The monoisotopic (exact) mass is 484 g/mol. The molecule has 174 valence electrons. The van der Waals surface area contributed by atoms with Crippen LogP contribution in [0.1, 0.15) is 21.5 Å². The number of amides is 1. The average Bonchev–Trinajstić information content (AvgIpc) is 3.15. The number of benzene rings is 3. The SMILES string of the molecule is COc1ccc(CNC(=O)c2c(N)n(/N=C/c3cccc(Cl)c3)c3nc4ccccc4nc23)cc1. The molecule has 0 radical (unpaired) electrons. The molecule has 2 heterocycles. The smallest absolute Gasteiger partial charge is 0.257 e. The van der Waals surface area contributed by atoms with Crippen LogP contribution in [0.3, 0.4) is 0 Å². The maximum Gasteiger partial charge on any atom is 0.257 e. The van der Waals surface area contributed by atoms with Crippen LogP contribution in [0.15, 0.2) is 77.9 Å². The summed E-state index contributed by atoms with van der Waals surface area (Å²) in [7, 11) is 1.61. The summed E-state index contributed by atoms with van der Waals surface area (Å²) in [4.78, 5) is 22.7. The predicted molar refractivity (Wildman–Crippen MR) is 138 cm³/mol. The van der Waals surface area contributed by atoms with Gasteiger partial charge in [-0.2, -0.15) is 9.78 Å². The van der Waals surface area contributed by atoms with Gasteiger partial charge in [0.1, 0.15) is 22.6 Å². The molecule has 3 N–H and O–H groups in total. The topological polar surface area (TPSA) is 107 Å². The summed E-state index contributed by atoms with van der Waals surface area (Å²) in [5, 5.41) is 8.01. The molecule has 3 aromatic carbocycles. The van der Waals surface area contributed by atoms with Crippen molar-refractivity contribution in [2.24, 2.45) is 5.10 Å².